The van der Waals surface area contributed by atoms with Gasteiger partial charge in [-0.3, -0.25) is 9.59 Å². The lowest BCUT2D eigenvalue weighted by molar-refractivity contribution is -0.141. The maximum Gasteiger partial charge on any atom is 0.408 e. The molecule has 2 rings (SSSR count). The Balaban J connectivity index is 2.25. The smallest absolute Gasteiger partial charge is 0.408 e. The van der Waals surface area contributed by atoms with Crippen molar-refractivity contribution in [2.75, 3.05) is 6.54 Å². The van der Waals surface area contributed by atoms with E-state index in [2.05, 4.69) is 10.6 Å². The van der Waals surface area contributed by atoms with E-state index >= 15 is 0 Å². The maximum atomic E-state index is 13.0. The van der Waals surface area contributed by atoms with Gasteiger partial charge in [0.2, 0.25) is 11.8 Å². The Hall–Kier alpha value is -2.77. The molecule has 1 atom stereocenters. The molecular formula is C21H31N3O5. The molecule has 1 aromatic carbocycles. The van der Waals surface area contributed by atoms with Crippen molar-refractivity contribution in [1.29, 1.82) is 0 Å². The van der Waals surface area contributed by atoms with Crippen LogP contribution in [0.1, 0.15) is 59.1 Å². The third kappa shape index (κ3) is 6.66. The molecule has 160 valence electrons. The number of carbonyl (C=O) groups is 3. The van der Waals surface area contributed by atoms with Crippen molar-refractivity contribution < 1.29 is 24.2 Å². The van der Waals surface area contributed by atoms with Crippen LogP contribution in [0.25, 0.3) is 0 Å². The number of carbonyl (C=O) groups excluding carboxylic acids is 3. The molecule has 1 unspecified atom stereocenters. The van der Waals surface area contributed by atoms with Crippen LogP contribution in [0.4, 0.5) is 4.79 Å². The lowest BCUT2D eigenvalue weighted by atomic mass is 10.0. The summed E-state index contributed by atoms with van der Waals surface area (Å²) >= 11 is 0. The van der Waals surface area contributed by atoms with Crippen LogP contribution in [0.2, 0.25) is 0 Å². The Labute approximate surface area is 171 Å². The first-order valence-electron chi connectivity index (χ1n) is 9.86. The number of benzene rings is 1. The first kappa shape index (κ1) is 22.5. The Morgan fingerprint density at radius 1 is 1.21 bits per heavy atom. The van der Waals surface area contributed by atoms with Crippen LogP contribution < -0.4 is 10.6 Å². The summed E-state index contributed by atoms with van der Waals surface area (Å²) in [5.41, 5.74) is -0.332. The molecule has 3 amide bonds. The highest BCUT2D eigenvalue weighted by Crippen LogP contribution is 2.37. The second kappa shape index (κ2) is 9.15. The number of nitrogens with zero attached hydrogens (tertiary/aromatic N) is 1. The molecule has 0 radical (unpaired) electrons. The normalized spacial score (nSPS) is 14.8. The molecule has 1 aliphatic carbocycles. The number of ether oxygens (including phenoxy) is 1. The van der Waals surface area contributed by atoms with E-state index in [-0.39, 0.29) is 30.3 Å². The first-order valence-corrected chi connectivity index (χ1v) is 9.86. The van der Waals surface area contributed by atoms with Gasteiger partial charge in [-0.25, -0.2) is 4.79 Å². The van der Waals surface area contributed by atoms with Crippen LogP contribution in [-0.4, -0.2) is 52.1 Å². The highest BCUT2D eigenvalue weighted by Gasteiger charge is 2.42. The van der Waals surface area contributed by atoms with Crippen LogP contribution in [0, 0.1) is 0 Å². The predicted octanol–water partition coefficient (Wildman–Crippen LogP) is 2.47. The number of hydrogen-bond donors (Lipinski definition) is 3. The topological polar surface area (TPSA) is 108 Å². The van der Waals surface area contributed by atoms with Gasteiger partial charge in [0, 0.05) is 17.6 Å². The molecule has 29 heavy (non-hydrogen) atoms. The predicted molar refractivity (Wildman–Crippen MR) is 108 cm³/mol. The third-order valence-electron chi connectivity index (χ3n) is 4.20. The van der Waals surface area contributed by atoms with Crippen molar-refractivity contribution in [2.24, 2.45) is 0 Å². The summed E-state index contributed by atoms with van der Waals surface area (Å²) in [5, 5.41) is 15.6. The number of amides is 3. The van der Waals surface area contributed by atoms with Gasteiger partial charge < -0.3 is 25.4 Å². The molecule has 1 aromatic rings. The quantitative estimate of drug-likeness (QED) is 0.646. The highest BCUT2D eigenvalue weighted by molar-refractivity contribution is 5.91. The van der Waals surface area contributed by atoms with Crippen molar-refractivity contribution in [3.05, 3.63) is 29.8 Å². The largest absolute Gasteiger partial charge is 0.508 e. The molecule has 0 saturated heterocycles. The molecule has 0 spiro atoms. The van der Waals surface area contributed by atoms with E-state index in [1.165, 1.54) is 11.0 Å². The second-order valence-electron chi connectivity index (χ2n) is 8.51. The monoisotopic (exact) mass is 405 g/mol. The first-order chi connectivity index (χ1) is 13.5. The molecule has 8 heteroatoms. The number of nitrogens with one attached hydrogen (secondary N) is 2. The zero-order valence-corrected chi connectivity index (χ0v) is 17.7. The Morgan fingerprint density at radius 2 is 1.83 bits per heavy atom. The fourth-order valence-electron chi connectivity index (χ4n) is 2.96. The molecule has 1 aliphatic rings. The lowest BCUT2D eigenvalue weighted by Gasteiger charge is -2.32. The van der Waals surface area contributed by atoms with Gasteiger partial charge >= 0.3 is 6.09 Å². The molecule has 0 aromatic heterocycles. The number of alkyl carbamates (subject to hydrolysis) is 1. The summed E-state index contributed by atoms with van der Waals surface area (Å²) in [6.07, 6.45) is 0.821. The lowest BCUT2D eigenvalue weighted by Crippen LogP contribution is -2.49. The maximum absolute atomic E-state index is 13.0. The minimum atomic E-state index is -0.987. The molecule has 0 aliphatic heterocycles. The van der Waals surface area contributed by atoms with Gasteiger partial charge in [0.1, 0.15) is 23.9 Å². The summed E-state index contributed by atoms with van der Waals surface area (Å²) in [6, 6.07) is 5.24. The third-order valence-corrected chi connectivity index (χ3v) is 4.20. The standard InChI is InChI=1S/C21H31N3O5/c1-13(2)23-19(27)18(15-8-6-7-9-16(15)25)24(14-10-11-14)17(26)12-22-20(28)29-21(3,4)5/h6-9,13-14,18,25H,10-12H2,1-5H3,(H,22,28)(H,23,27). The SMILES string of the molecule is CC(C)NC(=O)C(c1ccccc1O)N(C(=O)CNC(=O)OC(C)(C)C)C1CC1. The number of phenols is 1. The van der Waals surface area contributed by atoms with E-state index in [0.29, 0.717) is 5.56 Å². The average molecular weight is 405 g/mol. The summed E-state index contributed by atoms with van der Waals surface area (Å²) < 4.78 is 5.17. The van der Waals surface area contributed by atoms with E-state index in [0.717, 1.165) is 12.8 Å². The number of para-hydroxylation sites is 1. The van der Waals surface area contributed by atoms with Gasteiger partial charge in [0.25, 0.3) is 0 Å². The summed E-state index contributed by atoms with van der Waals surface area (Å²) in [5.74, 6) is -0.848. The fraction of sp³-hybridized carbons (Fsp3) is 0.571. The molecular weight excluding hydrogens is 374 g/mol. The van der Waals surface area contributed by atoms with Gasteiger partial charge in [0.15, 0.2) is 0 Å². The molecule has 1 fully saturated rings. The number of rotatable bonds is 7. The van der Waals surface area contributed by atoms with Crippen molar-refractivity contribution in [2.45, 2.75) is 71.2 Å². The van der Waals surface area contributed by atoms with Crippen LogP contribution in [-0.2, 0) is 14.3 Å². The Bertz CT molecular complexity index is 753. The molecule has 8 nitrogen and oxygen atoms in total. The second-order valence-corrected chi connectivity index (χ2v) is 8.51. The molecule has 0 heterocycles. The van der Waals surface area contributed by atoms with Crippen molar-refractivity contribution >= 4 is 17.9 Å². The van der Waals surface area contributed by atoms with Gasteiger partial charge in [-0.05, 0) is 53.5 Å². The summed E-state index contributed by atoms with van der Waals surface area (Å²) in [4.78, 5) is 39.4. The highest BCUT2D eigenvalue weighted by atomic mass is 16.6. The van der Waals surface area contributed by atoms with E-state index in [1.54, 1.807) is 39.0 Å². The van der Waals surface area contributed by atoms with E-state index in [1.807, 2.05) is 13.8 Å². The van der Waals surface area contributed by atoms with Crippen LogP contribution in [0.5, 0.6) is 5.75 Å². The zero-order valence-electron chi connectivity index (χ0n) is 17.7. The van der Waals surface area contributed by atoms with E-state index in [4.69, 9.17) is 4.74 Å². The Kier molecular flexibility index (Phi) is 7.11. The molecule has 3 N–H and O–H groups in total. The summed E-state index contributed by atoms with van der Waals surface area (Å²) in [7, 11) is 0. The van der Waals surface area contributed by atoms with Crippen molar-refractivity contribution in [3.8, 4) is 5.75 Å². The minimum Gasteiger partial charge on any atom is -0.508 e. The van der Waals surface area contributed by atoms with Gasteiger partial charge in [-0.2, -0.15) is 0 Å². The summed E-state index contributed by atoms with van der Waals surface area (Å²) in [6.45, 7) is 8.55. The van der Waals surface area contributed by atoms with Crippen LogP contribution in [0.15, 0.2) is 24.3 Å². The van der Waals surface area contributed by atoms with Crippen LogP contribution >= 0.6 is 0 Å². The fourth-order valence-corrected chi connectivity index (χ4v) is 2.96. The number of aromatic hydroxyl groups is 1. The number of hydrogen-bond acceptors (Lipinski definition) is 5. The number of phenolic OH excluding ortho intramolecular Hbond substituents is 1. The minimum absolute atomic E-state index is 0.0602. The van der Waals surface area contributed by atoms with Gasteiger partial charge in [0.05, 0.1) is 0 Å². The van der Waals surface area contributed by atoms with Gasteiger partial charge in [-0.15, -0.1) is 0 Å². The Morgan fingerprint density at radius 3 is 2.34 bits per heavy atom. The van der Waals surface area contributed by atoms with Crippen molar-refractivity contribution in [3.63, 3.8) is 0 Å². The average Bonchev–Trinajstić information content (AvgIpc) is 3.41. The van der Waals surface area contributed by atoms with Gasteiger partial charge in [-0.1, -0.05) is 18.2 Å². The van der Waals surface area contributed by atoms with E-state index in [9.17, 15) is 19.5 Å². The van der Waals surface area contributed by atoms with Crippen LogP contribution in [0.3, 0.4) is 0 Å². The zero-order chi connectivity index (χ0) is 21.8. The molecule has 1 saturated carbocycles. The van der Waals surface area contributed by atoms with Crippen molar-refractivity contribution in [1.82, 2.24) is 15.5 Å². The molecule has 0 bridgehead atoms. The van der Waals surface area contributed by atoms with E-state index < -0.39 is 23.6 Å².